The minimum atomic E-state index is 0.111. The molecule has 1 saturated heterocycles. The van der Waals surface area contributed by atoms with Crippen LogP contribution in [0.4, 0.5) is 0 Å². The van der Waals surface area contributed by atoms with Crippen LogP contribution >= 0.6 is 0 Å². The van der Waals surface area contributed by atoms with Gasteiger partial charge in [-0.25, -0.2) is 0 Å². The third-order valence-electron chi connectivity index (χ3n) is 4.93. The van der Waals surface area contributed by atoms with Crippen LogP contribution in [0.15, 0.2) is 0 Å². The van der Waals surface area contributed by atoms with Crippen LogP contribution in [-0.4, -0.2) is 49.1 Å². The molecule has 0 aromatic rings. The Morgan fingerprint density at radius 2 is 1.91 bits per heavy atom. The van der Waals surface area contributed by atoms with Gasteiger partial charge in [-0.2, -0.15) is 0 Å². The van der Waals surface area contributed by atoms with E-state index in [0.29, 0.717) is 18.9 Å². The standard InChI is InChI=1S/C18H32N2O3/c1-2-7-17(21)19-12-15-8-6-11-20(13-15)18(22)14-23-16-9-4-3-5-10-16/h15-16H,2-14H2,1H3,(H,19,21)/t15-/m0/s1. The molecule has 5 heteroatoms. The molecule has 23 heavy (non-hydrogen) atoms. The molecule has 1 atom stereocenters. The van der Waals surface area contributed by atoms with Gasteiger partial charge in [-0.3, -0.25) is 9.59 Å². The number of likely N-dealkylation sites (tertiary alicyclic amines) is 1. The fourth-order valence-electron chi connectivity index (χ4n) is 3.54. The first-order valence-electron chi connectivity index (χ1n) is 9.35. The summed E-state index contributed by atoms with van der Waals surface area (Å²) in [5.74, 6) is 0.611. The van der Waals surface area contributed by atoms with Crippen molar-refractivity contribution in [3.63, 3.8) is 0 Å². The summed E-state index contributed by atoms with van der Waals surface area (Å²) in [5, 5.41) is 2.99. The summed E-state index contributed by atoms with van der Waals surface area (Å²) in [6, 6.07) is 0. The number of ether oxygens (including phenoxy) is 1. The van der Waals surface area contributed by atoms with Gasteiger partial charge in [0.15, 0.2) is 0 Å². The summed E-state index contributed by atoms with van der Waals surface area (Å²) in [7, 11) is 0. The minimum absolute atomic E-state index is 0.111. The number of nitrogens with one attached hydrogen (secondary N) is 1. The zero-order valence-electron chi connectivity index (χ0n) is 14.5. The summed E-state index contributed by atoms with van der Waals surface area (Å²) in [6.07, 6.45) is 9.78. The van der Waals surface area contributed by atoms with E-state index in [9.17, 15) is 9.59 Å². The quantitative estimate of drug-likeness (QED) is 0.783. The highest BCUT2D eigenvalue weighted by molar-refractivity contribution is 5.77. The fraction of sp³-hybridized carbons (Fsp3) is 0.889. The maximum atomic E-state index is 12.3. The Labute approximate surface area is 140 Å². The van der Waals surface area contributed by atoms with Gasteiger partial charge in [0.25, 0.3) is 0 Å². The van der Waals surface area contributed by atoms with Gasteiger partial charge in [0.2, 0.25) is 11.8 Å². The molecule has 0 spiro atoms. The zero-order chi connectivity index (χ0) is 16.5. The van der Waals surface area contributed by atoms with Crippen molar-refractivity contribution in [1.82, 2.24) is 10.2 Å². The number of hydrogen-bond acceptors (Lipinski definition) is 3. The van der Waals surface area contributed by atoms with Gasteiger partial charge in [-0.15, -0.1) is 0 Å². The van der Waals surface area contributed by atoms with Crippen molar-refractivity contribution >= 4 is 11.8 Å². The number of piperidine rings is 1. The van der Waals surface area contributed by atoms with Crippen LogP contribution in [0.1, 0.15) is 64.7 Å². The lowest BCUT2D eigenvalue weighted by Gasteiger charge is -2.33. The van der Waals surface area contributed by atoms with Crippen molar-refractivity contribution in [3.05, 3.63) is 0 Å². The molecule has 0 unspecified atom stereocenters. The average Bonchev–Trinajstić information content (AvgIpc) is 2.59. The lowest BCUT2D eigenvalue weighted by atomic mass is 9.97. The summed E-state index contributed by atoms with van der Waals surface area (Å²) in [4.78, 5) is 25.8. The Morgan fingerprint density at radius 3 is 2.65 bits per heavy atom. The van der Waals surface area contributed by atoms with E-state index < -0.39 is 0 Å². The number of nitrogens with zero attached hydrogens (tertiary/aromatic N) is 1. The molecule has 5 nitrogen and oxygen atoms in total. The predicted molar refractivity (Wildman–Crippen MR) is 90.0 cm³/mol. The largest absolute Gasteiger partial charge is 0.368 e. The second-order valence-corrected chi connectivity index (χ2v) is 6.97. The van der Waals surface area contributed by atoms with Gasteiger partial charge >= 0.3 is 0 Å². The van der Waals surface area contributed by atoms with Crippen molar-refractivity contribution in [3.8, 4) is 0 Å². The Kier molecular flexibility index (Phi) is 7.86. The molecule has 1 aliphatic carbocycles. The Balaban J connectivity index is 1.67. The summed E-state index contributed by atoms with van der Waals surface area (Å²) < 4.78 is 5.80. The van der Waals surface area contributed by atoms with Crippen LogP contribution in [0.2, 0.25) is 0 Å². The topological polar surface area (TPSA) is 58.6 Å². The molecule has 1 aliphatic heterocycles. The van der Waals surface area contributed by atoms with Crippen LogP contribution in [0.25, 0.3) is 0 Å². The molecule has 2 rings (SSSR count). The van der Waals surface area contributed by atoms with Gasteiger partial charge < -0.3 is 15.0 Å². The fourth-order valence-corrected chi connectivity index (χ4v) is 3.54. The van der Waals surface area contributed by atoms with E-state index in [0.717, 1.165) is 45.2 Å². The van der Waals surface area contributed by atoms with E-state index in [1.807, 2.05) is 11.8 Å². The van der Waals surface area contributed by atoms with Crippen molar-refractivity contribution < 1.29 is 14.3 Å². The molecule has 0 aromatic heterocycles. The second-order valence-electron chi connectivity index (χ2n) is 6.97. The molecule has 1 N–H and O–H groups in total. The maximum Gasteiger partial charge on any atom is 0.248 e. The van der Waals surface area contributed by atoms with Crippen LogP contribution < -0.4 is 5.32 Å². The molecule has 1 heterocycles. The van der Waals surface area contributed by atoms with Gasteiger partial charge in [0.1, 0.15) is 6.61 Å². The normalized spacial score (nSPS) is 22.8. The van der Waals surface area contributed by atoms with E-state index in [4.69, 9.17) is 4.74 Å². The average molecular weight is 324 g/mol. The van der Waals surface area contributed by atoms with Gasteiger partial charge in [0.05, 0.1) is 6.10 Å². The van der Waals surface area contributed by atoms with Crippen LogP contribution in [0, 0.1) is 5.92 Å². The highest BCUT2D eigenvalue weighted by atomic mass is 16.5. The Morgan fingerprint density at radius 1 is 1.13 bits per heavy atom. The molecule has 2 fully saturated rings. The van der Waals surface area contributed by atoms with Crippen LogP contribution in [-0.2, 0) is 14.3 Å². The number of rotatable bonds is 7. The molecule has 132 valence electrons. The molecule has 0 bridgehead atoms. The smallest absolute Gasteiger partial charge is 0.248 e. The summed E-state index contributed by atoms with van der Waals surface area (Å²) in [5.41, 5.74) is 0. The summed E-state index contributed by atoms with van der Waals surface area (Å²) in [6.45, 7) is 4.49. The Bertz CT molecular complexity index is 380. The highest BCUT2D eigenvalue weighted by Gasteiger charge is 2.25. The third-order valence-corrected chi connectivity index (χ3v) is 4.93. The van der Waals surface area contributed by atoms with Crippen LogP contribution in [0.5, 0.6) is 0 Å². The molecular formula is C18H32N2O3. The Hall–Kier alpha value is -1.10. The van der Waals surface area contributed by atoms with Crippen molar-refractivity contribution in [2.75, 3.05) is 26.2 Å². The number of carbonyl (C=O) groups is 2. The molecule has 2 aliphatic rings. The van der Waals surface area contributed by atoms with E-state index >= 15 is 0 Å². The number of carbonyl (C=O) groups excluding carboxylic acids is 2. The minimum Gasteiger partial charge on any atom is -0.368 e. The van der Waals surface area contributed by atoms with E-state index in [1.54, 1.807) is 0 Å². The molecule has 1 saturated carbocycles. The number of amides is 2. The first-order valence-corrected chi connectivity index (χ1v) is 9.35. The lowest BCUT2D eigenvalue weighted by molar-refractivity contribution is -0.140. The first kappa shape index (κ1) is 18.2. The van der Waals surface area contributed by atoms with E-state index in [1.165, 1.54) is 19.3 Å². The molecule has 0 aromatic carbocycles. The molecular weight excluding hydrogens is 292 g/mol. The summed E-state index contributed by atoms with van der Waals surface area (Å²) >= 11 is 0. The van der Waals surface area contributed by atoms with Gasteiger partial charge in [-0.1, -0.05) is 26.2 Å². The van der Waals surface area contributed by atoms with Crippen molar-refractivity contribution in [2.24, 2.45) is 5.92 Å². The first-order chi connectivity index (χ1) is 11.2. The third kappa shape index (κ3) is 6.50. The van der Waals surface area contributed by atoms with Crippen LogP contribution in [0.3, 0.4) is 0 Å². The van der Waals surface area contributed by atoms with Crippen molar-refractivity contribution in [1.29, 1.82) is 0 Å². The van der Waals surface area contributed by atoms with Gasteiger partial charge in [-0.05, 0) is 38.0 Å². The highest BCUT2D eigenvalue weighted by Crippen LogP contribution is 2.21. The SMILES string of the molecule is CCCC(=O)NC[C@@H]1CCCN(C(=O)COC2CCCCC2)C1. The predicted octanol–water partition coefficient (Wildman–Crippen LogP) is 2.49. The maximum absolute atomic E-state index is 12.3. The molecule has 0 radical (unpaired) electrons. The van der Waals surface area contributed by atoms with Gasteiger partial charge in [0, 0.05) is 26.1 Å². The zero-order valence-corrected chi connectivity index (χ0v) is 14.5. The van der Waals surface area contributed by atoms with Crippen molar-refractivity contribution in [2.45, 2.75) is 70.8 Å². The monoisotopic (exact) mass is 324 g/mol. The molecule has 2 amide bonds. The van der Waals surface area contributed by atoms with E-state index in [-0.39, 0.29) is 24.5 Å². The number of hydrogen-bond donors (Lipinski definition) is 1. The van der Waals surface area contributed by atoms with E-state index in [2.05, 4.69) is 5.32 Å². The second kappa shape index (κ2) is 9.91. The lowest BCUT2D eigenvalue weighted by Crippen LogP contribution is -2.45.